The molecule has 0 atom stereocenters. The third-order valence-corrected chi connectivity index (χ3v) is 3.48. The second kappa shape index (κ2) is 3.99. The molecule has 0 saturated heterocycles. The molecule has 0 unspecified atom stereocenters. The average molecular weight is 244 g/mol. The Balaban J connectivity index is 2.09. The second-order valence-electron chi connectivity index (χ2n) is 4.68. The van der Waals surface area contributed by atoms with Crippen LogP contribution in [-0.2, 0) is 0 Å². The van der Waals surface area contributed by atoms with Crippen molar-refractivity contribution in [3.05, 3.63) is 72.8 Å². The minimum Gasteiger partial charge on any atom is -0.456 e. The molecule has 0 spiro atoms. The van der Waals surface area contributed by atoms with Crippen LogP contribution in [0.4, 0.5) is 0 Å². The Labute approximate surface area is 112 Å². The topological polar surface area (TPSA) is 9.23 Å². The fourth-order valence-electron chi connectivity index (χ4n) is 2.56. The fraction of sp³-hybridized carbons (Fsp3) is 0. The van der Waals surface area contributed by atoms with Crippen molar-refractivity contribution in [2.75, 3.05) is 0 Å². The zero-order valence-electron chi connectivity index (χ0n) is 10.3. The third kappa shape index (κ3) is 1.63. The second-order valence-corrected chi connectivity index (χ2v) is 4.68. The van der Waals surface area contributed by atoms with Gasteiger partial charge in [0.25, 0.3) is 0 Å². The van der Waals surface area contributed by atoms with Crippen molar-refractivity contribution in [2.45, 2.75) is 0 Å². The summed E-state index contributed by atoms with van der Waals surface area (Å²) in [5.41, 5.74) is 4.67. The summed E-state index contributed by atoms with van der Waals surface area (Å²) < 4.78 is 6.10. The molecule has 2 bridgehead atoms. The number of hydrogen-bond acceptors (Lipinski definition) is 1. The maximum absolute atomic E-state index is 6.10. The minimum atomic E-state index is 0.909. The van der Waals surface area contributed by atoms with Crippen LogP contribution in [0.25, 0.3) is 22.3 Å². The van der Waals surface area contributed by atoms with Gasteiger partial charge in [0.2, 0.25) is 0 Å². The van der Waals surface area contributed by atoms with Crippen LogP contribution in [0, 0.1) is 0 Å². The molecule has 0 aromatic heterocycles. The van der Waals surface area contributed by atoms with E-state index < -0.39 is 0 Å². The van der Waals surface area contributed by atoms with Gasteiger partial charge in [0.05, 0.1) is 0 Å². The molecule has 1 aliphatic heterocycles. The van der Waals surface area contributed by atoms with Gasteiger partial charge in [0.15, 0.2) is 0 Å². The summed E-state index contributed by atoms with van der Waals surface area (Å²) in [6, 6.07) is 24.9. The van der Waals surface area contributed by atoms with Crippen LogP contribution in [0.3, 0.4) is 0 Å². The van der Waals surface area contributed by atoms with Crippen molar-refractivity contribution in [1.29, 1.82) is 0 Å². The summed E-state index contributed by atoms with van der Waals surface area (Å²) in [6.45, 7) is 0. The summed E-state index contributed by atoms with van der Waals surface area (Å²) >= 11 is 0. The van der Waals surface area contributed by atoms with Gasteiger partial charge in [-0.05, 0) is 29.3 Å². The summed E-state index contributed by atoms with van der Waals surface area (Å²) in [4.78, 5) is 0. The Hall–Kier alpha value is -2.54. The van der Waals surface area contributed by atoms with Crippen LogP contribution in [0.15, 0.2) is 72.8 Å². The lowest BCUT2D eigenvalue weighted by molar-refractivity contribution is 0.486. The summed E-state index contributed by atoms with van der Waals surface area (Å²) in [5.74, 6) is 1.82. The van der Waals surface area contributed by atoms with Gasteiger partial charge in [0, 0.05) is 11.1 Å². The van der Waals surface area contributed by atoms with Crippen molar-refractivity contribution in [3.63, 3.8) is 0 Å². The highest BCUT2D eigenvalue weighted by atomic mass is 16.5. The Morgan fingerprint density at radius 1 is 0.526 bits per heavy atom. The SMILES string of the molecule is c1cc2cc(c1)-c1ccccc1Oc1ccccc1-2. The highest BCUT2D eigenvalue weighted by molar-refractivity contribution is 5.81. The number of ether oxygens (including phenoxy) is 1. The zero-order valence-corrected chi connectivity index (χ0v) is 10.3. The Bertz CT molecular complexity index is 698. The summed E-state index contributed by atoms with van der Waals surface area (Å²) in [7, 11) is 0. The van der Waals surface area contributed by atoms with E-state index in [0.29, 0.717) is 0 Å². The van der Waals surface area contributed by atoms with Gasteiger partial charge in [-0.25, -0.2) is 0 Å². The van der Waals surface area contributed by atoms with Gasteiger partial charge < -0.3 is 4.74 Å². The predicted molar refractivity (Wildman–Crippen MR) is 77.4 cm³/mol. The van der Waals surface area contributed by atoms with Crippen LogP contribution >= 0.6 is 0 Å². The van der Waals surface area contributed by atoms with E-state index >= 15 is 0 Å². The van der Waals surface area contributed by atoms with Crippen molar-refractivity contribution in [3.8, 4) is 33.8 Å². The molecule has 0 N–H and O–H groups in total. The lowest BCUT2D eigenvalue weighted by Crippen LogP contribution is -1.94. The molecule has 90 valence electrons. The smallest absolute Gasteiger partial charge is 0.135 e. The van der Waals surface area contributed by atoms with Gasteiger partial charge in [-0.2, -0.15) is 0 Å². The first kappa shape index (κ1) is 10.4. The molecule has 3 aromatic carbocycles. The van der Waals surface area contributed by atoms with E-state index in [1.807, 2.05) is 36.4 Å². The quantitative estimate of drug-likeness (QED) is 0.417. The van der Waals surface area contributed by atoms with Crippen LogP contribution in [0.1, 0.15) is 0 Å². The predicted octanol–water partition coefficient (Wildman–Crippen LogP) is 5.13. The first-order valence-electron chi connectivity index (χ1n) is 6.38. The molecule has 0 amide bonds. The maximum atomic E-state index is 6.10. The molecule has 1 heteroatoms. The molecule has 1 heterocycles. The van der Waals surface area contributed by atoms with E-state index in [1.54, 1.807) is 0 Å². The van der Waals surface area contributed by atoms with Crippen molar-refractivity contribution < 1.29 is 4.74 Å². The highest BCUT2D eigenvalue weighted by Gasteiger charge is 2.14. The molecule has 0 saturated carbocycles. The molecule has 1 nitrogen and oxygen atoms in total. The van der Waals surface area contributed by atoms with Crippen molar-refractivity contribution in [2.24, 2.45) is 0 Å². The molecular weight excluding hydrogens is 232 g/mol. The molecule has 0 aliphatic carbocycles. The number of para-hydroxylation sites is 2. The van der Waals surface area contributed by atoms with E-state index in [1.165, 1.54) is 11.1 Å². The zero-order chi connectivity index (χ0) is 12.7. The van der Waals surface area contributed by atoms with E-state index in [2.05, 4.69) is 36.4 Å². The first-order valence-corrected chi connectivity index (χ1v) is 6.38. The van der Waals surface area contributed by atoms with Gasteiger partial charge in [0.1, 0.15) is 11.5 Å². The lowest BCUT2D eigenvalue weighted by Gasteiger charge is -2.18. The lowest BCUT2D eigenvalue weighted by atomic mass is 9.96. The van der Waals surface area contributed by atoms with Crippen LogP contribution in [0.5, 0.6) is 11.5 Å². The standard InChI is InChI=1S/C18H12O/c1-3-10-17-15(8-1)13-6-5-7-14(12-13)16-9-2-4-11-18(16)19-17/h1-12H. The Morgan fingerprint density at radius 3 is 1.63 bits per heavy atom. The van der Waals surface area contributed by atoms with Crippen LogP contribution in [0.2, 0.25) is 0 Å². The van der Waals surface area contributed by atoms with Gasteiger partial charge in [-0.15, -0.1) is 0 Å². The first-order chi connectivity index (χ1) is 9.42. The number of fused-ring (bicyclic) bond motifs is 6. The summed E-state index contributed by atoms with van der Waals surface area (Å²) in [6.07, 6.45) is 0. The highest BCUT2D eigenvalue weighted by Crippen LogP contribution is 2.41. The molecule has 4 rings (SSSR count). The van der Waals surface area contributed by atoms with E-state index in [4.69, 9.17) is 4.74 Å². The van der Waals surface area contributed by atoms with Crippen LogP contribution < -0.4 is 4.74 Å². The molecular formula is C18H12O. The molecule has 0 fully saturated rings. The minimum absolute atomic E-state index is 0.909. The summed E-state index contributed by atoms with van der Waals surface area (Å²) in [5, 5.41) is 0. The Kier molecular flexibility index (Phi) is 2.18. The maximum Gasteiger partial charge on any atom is 0.135 e. The van der Waals surface area contributed by atoms with Crippen LogP contribution in [-0.4, -0.2) is 0 Å². The van der Waals surface area contributed by atoms with E-state index in [0.717, 1.165) is 22.6 Å². The molecule has 0 radical (unpaired) electrons. The third-order valence-electron chi connectivity index (χ3n) is 3.48. The van der Waals surface area contributed by atoms with Gasteiger partial charge in [-0.3, -0.25) is 0 Å². The van der Waals surface area contributed by atoms with Crippen molar-refractivity contribution in [1.82, 2.24) is 0 Å². The number of hydrogen-bond donors (Lipinski definition) is 0. The molecule has 3 aromatic rings. The van der Waals surface area contributed by atoms with E-state index in [-0.39, 0.29) is 0 Å². The van der Waals surface area contributed by atoms with Gasteiger partial charge >= 0.3 is 0 Å². The molecule has 1 aliphatic rings. The monoisotopic (exact) mass is 244 g/mol. The average Bonchev–Trinajstić information content (AvgIpc) is 2.48. The largest absolute Gasteiger partial charge is 0.456 e. The fourth-order valence-corrected chi connectivity index (χ4v) is 2.56. The number of rotatable bonds is 0. The van der Waals surface area contributed by atoms with Gasteiger partial charge in [-0.1, -0.05) is 54.6 Å². The van der Waals surface area contributed by atoms with E-state index in [9.17, 15) is 0 Å². The number of benzene rings is 3. The Morgan fingerprint density at radius 2 is 1.05 bits per heavy atom. The normalized spacial score (nSPS) is 11.6. The molecule has 19 heavy (non-hydrogen) atoms. The van der Waals surface area contributed by atoms with Crippen molar-refractivity contribution >= 4 is 0 Å².